The van der Waals surface area contributed by atoms with Crippen molar-refractivity contribution in [2.75, 3.05) is 12.4 Å². The molecule has 0 radical (unpaired) electrons. The van der Waals surface area contributed by atoms with Crippen LogP contribution in [0.2, 0.25) is 0 Å². The SMILES string of the molecule is CNc1nc(-c2ccccc2C2CC2)nc(C)c1C. The van der Waals surface area contributed by atoms with Crippen molar-refractivity contribution in [2.24, 2.45) is 0 Å². The first-order valence-corrected chi connectivity index (χ1v) is 6.83. The van der Waals surface area contributed by atoms with Crippen LogP contribution in [0.5, 0.6) is 0 Å². The minimum Gasteiger partial charge on any atom is -0.373 e. The van der Waals surface area contributed by atoms with Crippen LogP contribution in [0.1, 0.15) is 35.6 Å². The number of hydrogen-bond acceptors (Lipinski definition) is 3. The molecule has 0 bridgehead atoms. The fraction of sp³-hybridized carbons (Fsp3) is 0.375. The average molecular weight is 253 g/mol. The molecule has 3 heteroatoms. The van der Waals surface area contributed by atoms with E-state index in [1.807, 2.05) is 14.0 Å². The number of nitrogens with one attached hydrogen (secondary N) is 1. The fourth-order valence-electron chi connectivity index (χ4n) is 2.44. The molecule has 0 amide bonds. The van der Waals surface area contributed by atoms with Gasteiger partial charge in [-0.25, -0.2) is 9.97 Å². The molecular weight excluding hydrogens is 234 g/mol. The number of anilines is 1. The van der Waals surface area contributed by atoms with E-state index < -0.39 is 0 Å². The summed E-state index contributed by atoms with van der Waals surface area (Å²) in [5.74, 6) is 2.47. The maximum absolute atomic E-state index is 4.67. The lowest BCUT2D eigenvalue weighted by atomic mass is 10.0. The summed E-state index contributed by atoms with van der Waals surface area (Å²) in [5, 5.41) is 3.16. The van der Waals surface area contributed by atoms with Crippen LogP contribution in [0, 0.1) is 13.8 Å². The molecule has 1 saturated carbocycles. The second kappa shape index (κ2) is 4.65. The van der Waals surface area contributed by atoms with Crippen molar-refractivity contribution in [2.45, 2.75) is 32.6 Å². The van der Waals surface area contributed by atoms with Crippen molar-refractivity contribution in [3.8, 4) is 11.4 Å². The Kier molecular flexibility index (Phi) is 2.97. The van der Waals surface area contributed by atoms with Crippen molar-refractivity contribution in [3.63, 3.8) is 0 Å². The third-order valence-electron chi connectivity index (χ3n) is 3.84. The highest BCUT2D eigenvalue weighted by Gasteiger charge is 2.27. The first-order chi connectivity index (χ1) is 9.20. The summed E-state index contributed by atoms with van der Waals surface area (Å²) in [6.07, 6.45) is 2.58. The van der Waals surface area contributed by atoms with E-state index in [1.165, 1.54) is 24.0 Å². The molecule has 1 aromatic heterocycles. The van der Waals surface area contributed by atoms with Crippen molar-refractivity contribution in [3.05, 3.63) is 41.1 Å². The van der Waals surface area contributed by atoms with Gasteiger partial charge in [0.05, 0.1) is 0 Å². The topological polar surface area (TPSA) is 37.8 Å². The highest BCUT2D eigenvalue weighted by Crippen LogP contribution is 2.43. The molecule has 3 nitrogen and oxygen atoms in total. The average Bonchev–Trinajstić information content (AvgIpc) is 3.26. The molecular formula is C16H19N3. The largest absolute Gasteiger partial charge is 0.373 e. The van der Waals surface area contributed by atoms with Crippen molar-refractivity contribution in [1.82, 2.24) is 9.97 Å². The summed E-state index contributed by atoms with van der Waals surface area (Å²) >= 11 is 0. The molecule has 0 aliphatic heterocycles. The summed E-state index contributed by atoms with van der Waals surface area (Å²) in [4.78, 5) is 9.34. The number of hydrogen-bond donors (Lipinski definition) is 1. The summed E-state index contributed by atoms with van der Waals surface area (Å²) in [6, 6.07) is 8.53. The third-order valence-corrected chi connectivity index (χ3v) is 3.84. The molecule has 0 spiro atoms. The van der Waals surface area contributed by atoms with Gasteiger partial charge < -0.3 is 5.32 Å². The van der Waals surface area contributed by atoms with E-state index in [4.69, 9.17) is 0 Å². The molecule has 19 heavy (non-hydrogen) atoms. The van der Waals surface area contributed by atoms with Gasteiger partial charge in [0, 0.05) is 23.9 Å². The van der Waals surface area contributed by atoms with Gasteiger partial charge in [-0.05, 0) is 38.2 Å². The van der Waals surface area contributed by atoms with Crippen molar-refractivity contribution >= 4 is 5.82 Å². The quantitative estimate of drug-likeness (QED) is 0.906. The number of aromatic nitrogens is 2. The number of aryl methyl sites for hydroxylation is 1. The van der Waals surface area contributed by atoms with E-state index in [2.05, 4.69) is 46.5 Å². The Balaban J connectivity index is 2.14. The Morgan fingerprint density at radius 2 is 1.84 bits per heavy atom. The zero-order valence-electron chi connectivity index (χ0n) is 11.7. The van der Waals surface area contributed by atoms with Crippen LogP contribution in [-0.4, -0.2) is 17.0 Å². The normalized spacial score (nSPS) is 14.5. The Morgan fingerprint density at radius 3 is 2.53 bits per heavy atom. The van der Waals surface area contributed by atoms with E-state index in [0.717, 1.165) is 22.9 Å². The van der Waals surface area contributed by atoms with E-state index in [0.29, 0.717) is 5.92 Å². The lowest BCUT2D eigenvalue weighted by molar-refractivity contribution is 1.05. The molecule has 1 heterocycles. The minimum atomic E-state index is 0.708. The van der Waals surface area contributed by atoms with Gasteiger partial charge in [0.25, 0.3) is 0 Å². The number of benzene rings is 1. The van der Waals surface area contributed by atoms with E-state index in [1.54, 1.807) is 0 Å². The van der Waals surface area contributed by atoms with Gasteiger partial charge in [-0.1, -0.05) is 24.3 Å². The predicted octanol–water partition coefficient (Wildman–Crippen LogP) is 3.68. The standard InChI is InChI=1S/C16H19N3/c1-10-11(2)18-16(19-15(10)17-3)14-7-5-4-6-13(14)12-8-9-12/h4-7,12H,8-9H2,1-3H3,(H,17,18,19). The van der Waals surface area contributed by atoms with E-state index >= 15 is 0 Å². The van der Waals surface area contributed by atoms with Gasteiger partial charge in [-0.15, -0.1) is 0 Å². The second-order valence-corrected chi connectivity index (χ2v) is 5.22. The van der Waals surface area contributed by atoms with Gasteiger partial charge in [0.2, 0.25) is 0 Å². The zero-order valence-corrected chi connectivity index (χ0v) is 11.7. The highest BCUT2D eigenvalue weighted by atomic mass is 15.0. The summed E-state index contributed by atoms with van der Waals surface area (Å²) in [5.41, 5.74) is 4.74. The molecule has 1 N–H and O–H groups in total. The molecule has 2 aromatic rings. The lowest BCUT2D eigenvalue weighted by Crippen LogP contribution is -2.03. The summed E-state index contributed by atoms with van der Waals surface area (Å²) in [6.45, 7) is 4.10. The monoisotopic (exact) mass is 253 g/mol. The maximum atomic E-state index is 4.67. The Bertz CT molecular complexity index is 615. The van der Waals surface area contributed by atoms with Crippen LogP contribution in [0.4, 0.5) is 5.82 Å². The van der Waals surface area contributed by atoms with Gasteiger partial charge in [-0.2, -0.15) is 0 Å². The maximum Gasteiger partial charge on any atom is 0.162 e. The Hall–Kier alpha value is -1.90. The lowest BCUT2D eigenvalue weighted by Gasteiger charge is -2.12. The fourth-order valence-corrected chi connectivity index (χ4v) is 2.44. The van der Waals surface area contributed by atoms with Crippen LogP contribution in [0.3, 0.4) is 0 Å². The number of rotatable bonds is 3. The van der Waals surface area contributed by atoms with E-state index in [-0.39, 0.29) is 0 Å². The minimum absolute atomic E-state index is 0.708. The Morgan fingerprint density at radius 1 is 1.11 bits per heavy atom. The van der Waals surface area contributed by atoms with Crippen molar-refractivity contribution in [1.29, 1.82) is 0 Å². The molecule has 1 aliphatic rings. The van der Waals surface area contributed by atoms with Gasteiger partial charge in [0.15, 0.2) is 5.82 Å². The van der Waals surface area contributed by atoms with Crippen LogP contribution in [0.15, 0.2) is 24.3 Å². The molecule has 98 valence electrons. The molecule has 3 rings (SSSR count). The molecule has 1 aliphatic carbocycles. The van der Waals surface area contributed by atoms with Crippen LogP contribution in [-0.2, 0) is 0 Å². The molecule has 0 unspecified atom stereocenters. The first kappa shape index (κ1) is 12.2. The third kappa shape index (κ3) is 2.21. The summed E-state index contributed by atoms with van der Waals surface area (Å²) in [7, 11) is 1.91. The van der Waals surface area contributed by atoms with Crippen molar-refractivity contribution < 1.29 is 0 Å². The zero-order chi connectivity index (χ0) is 13.4. The first-order valence-electron chi connectivity index (χ1n) is 6.83. The second-order valence-electron chi connectivity index (χ2n) is 5.22. The van der Waals surface area contributed by atoms with Gasteiger partial charge in [-0.3, -0.25) is 0 Å². The van der Waals surface area contributed by atoms with E-state index in [9.17, 15) is 0 Å². The molecule has 0 atom stereocenters. The molecule has 1 aromatic carbocycles. The smallest absolute Gasteiger partial charge is 0.162 e. The molecule has 1 fully saturated rings. The highest BCUT2D eigenvalue weighted by molar-refractivity contribution is 5.64. The van der Waals surface area contributed by atoms with Gasteiger partial charge in [0.1, 0.15) is 5.82 Å². The van der Waals surface area contributed by atoms with Crippen LogP contribution in [0.25, 0.3) is 11.4 Å². The van der Waals surface area contributed by atoms with Crippen LogP contribution < -0.4 is 5.32 Å². The molecule has 0 saturated heterocycles. The predicted molar refractivity (Wildman–Crippen MR) is 78.5 cm³/mol. The van der Waals surface area contributed by atoms with Crippen LogP contribution >= 0.6 is 0 Å². The Labute approximate surface area is 114 Å². The number of nitrogens with zero attached hydrogens (tertiary/aromatic N) is 2. The van der Waals surface area contributed by atoms with Gasteiger partial charge >= 0.3 is 0 Å². The summed E-state index contributed by atoms with van der Waals surface area (Å²) < 4.78 is 0.